The van der Waals surface area contributed by atoms with Gasteiger partial charge in [-0.1, -0.05) is 15.9 Å². The van der Waals surface area contributed by atoms with Crippen molar-refractivity contribution < 1.29 is 18.8 Å². The lowest BCUT2D eigenvalue weighted by molar-refractivity contribution is -0.125. The summed E-state index contributed by atoms with van der Waals surface area (Å²) >= 11 is 4.93. The lowest BCUT2D eigenvalue weighted by Crippen LogP contribution is -2.48. The van der Waals surface area contributed by atoms with Gasteiger partial charge in [-0.05, 0) is 61.2 Å². The van der Waals surface area contributed by atoms with Crippen molar-refractivity contribution in [3.8, 4) is 0 Å². The van der Waals surface area contributed by atoms with E-state index in [1.165, 1.54) is 12.3 Å². The number of furan rings is 1. The molecule has 0 aliphatic carbocycles. The number of thioether (sulfide) groups is 1. The number of hydrogen-bond acceptors (Lipinski definition) is 5. The van der Waals surface area contributed by atoms with Crippen LogP contribution in [0.25, 0.3) is 0 Å². The highest BCUT2D eigenvalue weighted by Crippen LogP contribution is 2.19. The molecule has 0 aliphatic heterocycles. The topological polar surface area (TPSA) is 100 Å². The number of halogens is 1. The van der Waals surface area contributed by atoms with Crippen LogP contribution in [-0.4, -0.2) is 42.3 Å². The number of carbonyl (C=O) groups excluding carboxylic acids is 3. The SMILES string of the molecule is CSCC[C@H](NC(=O)c1ccco1)C(=O)NCC(=O)Nc1ccc(Br)cc1C. The van der Waals surface area contributed by atoms with Gasteiger partial charge in [0.15, 0.2) is 5.76 Å². The van der Waals surface area contributed by atoms with Gasteiger partial charge >= 0.3 is 0 Å². The number of hydrogen-bond donors (Lipinski definition) is 3. The first-order valence-electron chi connectivity index (χ1n) is 8.57. The minimum Gasteiger partial charge on any atom is -0.459 e. The first-order chi connectivity index (χ1) is 13.4. The quantitative estimate of drug-likeness (QED) is 0.526. The second-order valence-corrected chi connectivity index (χ2v) is 7.91. The third kappa shape index (κ3) is 6.72. The van der Waals surface area contributed by atoms with Crippen LogP contribution < -0.4 is 16.0 Å². The van der Waals surface area contributed by atoms with E-state index in [-0.39, 0.29) is 18.2 Å². The van der Waals surface area contributed by atoms with Crippen LogP contribution in [0, 0.1) is 6.92 Å². The fourth-order valence-electron chi connectivity index (χ4n) is 2.39. The molecule has 0 bridgehead atoms. The number of aryl methyl sites for hydroxylation is 1. The van der Waals surface area contributed by atoms with Gasteiger partial charge in [-0.25, -0.2) is 0 Å². The van der Waals surface area contributed by atoms with E-state index in [2.05, 4.69) is 31.9 Å². The average Bonchev–Trinajstić information content (AvgIpc) is 3.20. The molecule has 0 unspecified atom stereocenters. The number of amides is 3. The van der Waals surface area contributed by atoms with Gasteiger partial charge in [-0.3, -0.25) is 14.4 Å². The van der Waals surface area contributed by atoms with Crippen LogP contribution in [0.3, 0.4) is 0 Å². The molecule has 0 saturated carbocycles. The van der Waals surface area contributed by atoms with E-state index in [1.54, 1.807) is 23.9 Å². The Hall–Kier alpha value is -2.26. The van der Waals surface area contributed by atoms with Crippen LogP contribution in [-0.2, 0) is 9.59 Å². The standard InChI is InChI=1S/C19H22BrN3O4S/c1-12-10-13(20)5-6-14(12)22-17(24)11-21-18(25)15(7-9-28-2)23-19(26)16-4-3-8-27-16/h3-6,8,10,15H,7,9,11H2,1-2H3,(H,21,25)(H,22,24)(H,23,26)/t15-/m0/s1. The zero-order valence-electron chi connectivity index (χ0n) is 15.6. The van der Waals surface area contributed by atoms with Crippen LogP contribution in [0.5, 0.6) is 0 Å². The van der Waals surface area contributed by atoms with E-state index >= 15 is 0 Å². The Kier molecular flexibility index (Phi) is 8.59. The Labute approximate surface area is 176 Å². The van der Waals surface area contributed by atoms with Crippen molar-refractivity contribution in [2.75, 3.05) is 23.9 Å². The molecule has 0 fully saturated rings. The fourth-order valence-corrected chi connectivity index (χ4v) is 3.34. The molecule has 0 radical (unpaired) electrons. The van der Waals surface area contributed by atoms with Gasteiger partial charge in [0.1, 0.15) is 6.04 Å². The number of anilines is 1. The summed E-state index contributed by atoms with van der Waals surface area (Å²) < 4.78 is 5.97. The first kappa shape index (κ1) is 22.0. The largest absolute Gasteiger partial charge is 0.459 e. The predicted octanol–water partition coefficient (Wildman–Crippen LogP) is 2.96. The second kappa shape index (κ2) is 10.9. The summed E-state index contributed by atoms with van der Waals surface area (Å²) in [6.07, 6.45) is 3.74. The van der Waals surface area contributed by atoms with Crippen molar-refractivity contribution in [2.24, 2.45) is 0 Å². The maximum Gasteiger partial charge on any atom is 0.287 e. The molecular formula is C19H22BrN3O4S. The van der Waals surface area contributed by atoms with Gasteiger partial charge in [0, 0.05) is 10.2 Å². The van der Waals surface area contributed by atoms with Crippen LogP contribution in [0.4, 0.5) is 5.69 Å². The number of benzene rings is 1. The molecule has 1 aromatic heterocycles. The Morgan fingerprint density at radius 1 is 1.25 bits per heavy atom. The van der Waals surface area contributed by atoms with Crippen LogP contribution in [0.2, 0.25) is 0 Å². The molecule has 3 N–H and O–H groups in total. The average molecular weight is 468 g/mol. The molecule has 2 aromatic rings. The number of nitrogens with one attached hydrogen (secondary N) is 3. The predicted molar refractivity (Wildman–Crippen MR) is 113 cm³/mol. The summed E-state index contributed by atoms with van der Waals surface area (Å²) in [5.74, 6) is -0.427. The highest BCUT2D eigenvalue weighted by Gasteiger charge is 2.22. The minimum absolute atomic E-state index is 0.130. The molecule has 1 atom stereocenters. The second-order valence-electron chi connectivity index (χ2n) is 6.01. The molecule has 0 aliphatic rings. The molecule has 0 saturated heterocycles. The van der Waals surface area contributed by atoms with Crippen molar-refractivity contribution in [3.63, 3.8) is 0 Å². The third-order valence-electron chi connectivity index (χ3n) is 3.86. The van der Waals surface area contributed by atoms with E-state index in [0.717, 1.165) is 10.0 Å². The van der Waals surface area contributed by atoms with Gasteiger partial charge in [0.05, 0.1) is 12.8 Å². The Bertz CT molecular complexity index is 827. The molecule has 0 spiro atoms. The number of carbonyl (C=O) groups is 3. The van der Waals surface area contributed by atoms with E-state index < -0.39 is 17.9 Å². The van der Waals surface area contributed by atoms with Crippen LogP contribution in [0.1, 0.15) is 22.5 Å². The van der Waals surface area contributed by atoms with Gasteiger partial charge < -0.3 is 20.4 Å². The van der Waals surface area contributed by atoms with Crippen molar-refractivity contribution in [1.29, 1.82) is 0 Å². The molecule has 9 heteroatoms. The molecule has 150 valence electrons. The normalized spacial score (nSPS) is 11.5. The van der Waals surface area contributed by atoms with E-state index in [1.807, 2.05) is 25.3 Å². The summed E-state index contributed by atoms with van der Waals surface area (Å²) in [5, 5.41) is 7.98. The summed E-state index contributed by atoms with van der Waals surface area (Å²) in [4.78, 5) is 36.8. The zero-order valence-corrected chi connectivity index (χ0v) is 18.0. The smallest absolute Gasteiger partial charge is 0.287 e. The van der Waals surface area contributed by atoms with Gasteiger partial charge in [-0.15, -0.1) is 0 Å². The molecule has 2 rings (SSSR count). The Balaban J connectivity index is 1.90. The highest BCUT2D eigenvalue weighted by atomic mass is 79.9. The monoisotopic (exact) mass is 467 g/mol. The zero-order chi connectivity index (χ0) is 20.5. The molecule has 3 amide bonds. The molecular weight excluding hydrogens is 446 g/mol. The molecule has 1 aromatic carbocycles. The lowest BCUT2D eigenvalue weighted by atomic mass is 10.2. The Morgan fingerprint density at radius 2 is 2.04 bits per heavy atom. The van der Waals surface area contributed by atoms with E-state index in [9.17, 15) is 14.4 Å². The van der Waals surface area contributed by atoms with Gasteiger partial charge in [0.25, 0.3) is 5.91 Å². The fraction of sp³-hybridized carbons (Fsp3) is 0.316. The summed E-state index contributed by atoms with van der Waals surface area (Å²) in [7, 11) is 0. The first-order valence-corrected chi connectivity index (χ1v) is 10.8. The maximum atomic E-state index is 12.5. The van der Waals surface area contributed by atoms with Crippen molar-refractivity contribution in [3.05, 3.63) is 52.4 Å². The van der Waals surface area contributed by atoms with Crippen molar-refractivity contribution in [1.82, 2.24) is 10.6 Å². The van der Waals surface area contributed by atoms with Crippen LogP contribution in [0.15, 0.2) is 45.5 Å². The van der Waals surface area contributed by atoms with Crippen molar-refractivity contribution >= 4 is 51.1 Å². The summed E-state index contributed by atoms with van der Waals surface area (Å²) in [6, 6.07) is 7.85. The van der Waals surface area contributed by atoms with E-state index in [0.29, 0.717) is 17.9 Å². The molecule has 1 heterocycles. The molecule has 28 heavy (non-hydrogen) atoms. The minimum atomic E-state index is -0.757. The Morgan fingerprint density at radius 3 is 2.68 bits per heavy atom. The maximum absolute atomic E-state index is 12.5. The third-order valence-corrected chi connectivity index (χ3v) is 5.00. The summed E-state index contributed by atoms with van der Waals surface area (Å²) in [5.41, 5.74) is 1.57. The highest BCUT2D eigenvalue weighted by molar-refractivity contribution is 9.10. The van der Waals surface area contributed by atoms with Gasteiger partial charge in [-0.2, -0.15) is 11.8 Å². The molecule has 7 nitrogen and oxygen atoms in total. The number of rotatable bonds is 9. The van der Waals surface area contributed by atoms with Gasteiger partial charge in [0.2, 0.25) is 11.8 Å². The van der Waals surface area contributed by atoms with E-state index in [4.69, 9.17) is 4.42 Å². The summed E-state index contributed by atoms with van der Waals surface area (Å²) in [6.45, 7) is 1.68. The lowest BCUT2D eigenvalue weighted by Gasteiger charge is -2.17. The van der Waals surface area contributed by atoms with Crippen molar-refractivity contribution in [2.45, 2.75) is 19.4 Å². The van der Waals surface area contributed by atoms with Crippen LogP contribution >= 0.6 is 27.7 Å².